The summed E-state index contributed by atoms with van der Waals surface area (Å²) in [6.45, 7) is 0.325. The van der Waals surface area contributed by atoms with Gasteiger partial charge in [-0.3, -0.25) is 9.69 Å². The van der Waals surface area contributed by atoms with Gasteiger partial charge >= 0.3 is 0 Å². The minimum absolute atomic E-state index is 0.0424. The molecule has 2 aliphatic heterocycles. The molecule has 1 fully saturated rings. The van der Waals surface area contributed by atoms with Crippen LogP contribution < -0.4 is 14.4 Å². The van der Waals surface area contributed by atoms with E-state index in [1.807, 2.05) is 35.2 Å². The van der Waals surface area contributed by atoms with Gasteiger partial charge in [0.25, 0.3) is 0 Å². The zero-order chi connectivity index (χ0) is 22.1. The van der Waals surface area contributed by atoms with Crippen LogP contribution >= 0.6 is 39.3 Å². The van der Waals surface area contributed by atoms with Gasteiger partial charge < -0.3 is 14.4 Å². The van der Waals surface area contributed by atoms with Crippen molar-refractivity contribution in [2.24, 2.45) is 0 Å². The van der Waals surface area contributed by atoms with Gasteiger partial charge in [-0.15, -0.1) is 0 Å². The van der Waals surface area contributed by atoms with Crippen LogP contribution in [0.5, 0.6) is 11.5 Å². The lowest BCUT2D eigenvalue weighted by molar-refractivity contribution is -0.129. The first-order chi connectivity index (χ1) is 15.0. The molecule has 6 nitrogen and oxygen atoms in total. The topological polar surface area (TPSA) is 65.8 Å². The van der Waals surface area contributed by atoms with Crippen LogP contribution in [0.25, 0.3) is 0 Å². The number of hydrogen-bond donors (Lipinski definition) is 0. The molecule has 0 radical (unpaired) electrons. The number of carbonyl (C=O) groups excluding carboxylic acids is 1. The van der Waals surface area contributed by atoms with Crippen molar-refractivity contribution in [3.05, 3.63) is 62.1 Å². The second kappa shape index (κ2) is 9.03. The van der Waals surface area contributed by atoms with E-state index in [-0.39, 0.29) is 18.2 Å². The third-order valence-corrected chi connectivity index (χ3v) is 7.23. The first-order valence-corrected chi connectivity index (χ1v) is 11.6. The van der Waals surface area contributed by atoms with Gasteiger partial charge in [0, 0.05) is 27.4 Å². The Kier molecular flexibility index (Phi) is 6.37. The number of thioether (sulfide) groups is 1. The van der Waals surface area contributed by atoms with Crippen molar-refractivity contribution < 1.29 is 14.3 Å². The van der Waals surface area contributed by atoms with E-state index in [0.717, 1.165) is 15.7 Å². The molecule has 0 aromatic heterocycles. The highest BCUT2D eigenvalue weighted by molar-refractivity contribution is 9.10. The average molecular weight is 521 g/mol. The maximum atomic E-state index is 13.2. The van der Waals surface area contributed by atoms with Gasteiger partial charge in [-0.2, -0.15) is 5.26 Å². The number of carbonyl (C=O) groups is 1. The van der Waals surface area contributed by atoms with Gasteiger partial charge in [0.15, 0.2) is 0 Å². The molecule has 0 saturated carbocycles. The highest BCUT2D eigenvalue weighted by atomic mass is 79.9. The van der Waals surface area contributed by atoms with Gasteiger partial charge in [-0.1, -0.05) is 39.3 Å². The summed E-state index contributed by atoms with van der Waals surface area (Å²) in [5, 5.41) is 11.3. The van der Waals surface area contributed by atoms with Gasteiger partial charge in [-0.05, 0) is 36.4 Å². The number of ether oxygens (including phenoxy) is 2. The normalized spacial score (nSPS) is 18.5. The molecule has 2 aromatic rings. The first-order valence-electron chi connectivity index (χ1n) is 9.46. The molecule has 2 aliphatic rings. The maximum Gasteiger partial charge on any atom is 0.229 e. The second-order valence-corrected chi connectivity index (χ2v) is 9.35. The zero-order valence-corrected chi connectivity index (χ0v) is 20.1. The summed E-state index contributed by atoms with van der Waals surface area (Å²) in [5.74, 6) is 1.51. The summed E-state index contributed by atoms with van der Waals surface area (Å²) in [4.78, 5) is 16.9. The molecule has 160 valence electrons. The van der Waals surface area contributed by atoms with Gasteiger partial charge in [0.1, 0.15) is 11.5 Å². The minimum atomic E-state index is -0.351. The van der Waals surface area contributed by atoms with Crippen molar-refractivity contribution >= 4 is 50.9 Å². The van der Waals surface area contributed by atoms with E-state index < -0.39 is 0 Å². The lowest BCUT2D eigenvalue weighted by Gasteiger charge is -2.42. The number of anilines is 1. The van der Waals surface area contributed by atoms with Crippen molar-refractivity contribution in [1.29, 1.82) is 5.26 Å². The number of halogens is 2. The number of rotatable bonds is 4. The Labute approximate surface area is 198 Å². The molecule has 2 aromatic carbocycles. The van der Waals surface area contributed by atoms with Gasteiger partial charge in [-0.25, -0.2) is 0 Å². The van der Waals surface area contributed by atoms with E-state index in [4.69, 9.17) is 21.1 Å². The molecule has 1 atom stereocenters. The molecule has 0 spiro atoms. The van der Waals surface area contributed by atoms with Crippen LogP contribution in [0.1, 0.15) is 17.9 Å². The van der Waals surface area contributed by atoms with Crippen LogP contribution in [0.4, 0.5) is 5.69 Å². The number of nitrogens with zero attached hydrogens (tertiary/aromatic N) is 3. The van der Waals surface area contributed by atoms with E-state index in [1.165, 1.54) is 11.8 Å². The fraction of sp³-hybridized carbons (Fsp3) is 0.273. The summed E-state index contributed by atoms with van der Waals surface area (Å²) < 4.78 is 11.9. The molecule has 0 unspecified atom stereocenters. The lowest BCUT2D eigenvalue weighted by atomic mass is 9.86. The molecule has 9 heteroatoms. The van der Waals surface area contributed by atoms with E-state index in [9.17, 15) is 10.1 Å². The van der Waals surface area contributed by atoms with Crippen LogP contribution in [0.15, 0.2) is 51.5 Å². The molecular weight excluding hydrogens is 502 g/mol. The summed E-state index contributed by atoms with van der Waals surface area (Å²) in [6.07, 6.45) is 0.195. The fourth-order valence-corrected chi connectivity index (χ4v) is 5.57. The van der Waals surface area contributed by atoms with Gasteiger partial charge in [0.05, 0.1) is 49.1 Å². The largest absolute Gasteiger partial charge is 0.496 e. The van der Waals surface area contributed by atoms with Crippen molar-refractivity contribution in [2.75, 3.05) is 31.7 Å². The Hall–Kier alpha value is -2.34. The van der Waals surface area contributed by atoms with Crippen molar-refractivity contribution in [1.82, 2.24) is 4.90 Å². The monoisotopic (exact) mass is 519 g/mol. The van der Waals surface area contributed by atoms with Crippen LogP contribution in [-0.2, 0) is 4.79 Å². The molecule has 0 N–H and O–H groups in total. The Balaban J connectivity index is 1.72. The Morgan fingerprint density at radius 1 is 1.19 bits per heavy atom. The molecule has 1 saturated heterocycles. The van der Waals surface area contributed by atoms with E-state index in [0.29, 0.717) is 39.7 Å². The molecule has 31 heavy (non-hydrogen) atoms. The predicted molar refractivity (Wildman–Crippen MR) is 125 cm³/mol. The van der Waals surface area contributed by atoms with E-state index in [1.54, 1.807) is 25.2 Å². The summed E-state index contributed by atoms with van der Waals surface area (Å²) in [6, 6.07) is 13.4. The van der Waals surface area contributed by atoms with Crippen molar-refractivity contribution in [3.8, 4) is 17.6 Å². The first kappa shape index (κ1) is 21.9. The van der Waals surface area contributed by atoms with Crippen molar-refractivity contribution in [2.45, 2.75) is 12.3 Å². The maximum absolute atomic E-state index is 13.2. The minimum Gasteiger partial charge on any atom is -0.496 e. The van der Waals surface area contributed by atoms with Crippen LogP contribution in [0, 0.1) is 11.3 Å². The highest BCUT2D eigenvalue weighted by Crippen LogP contribution is 2.46. The number of allylic oxidation sites excluding steroid dienone is 1. The SMILES string of the molecule is COc1ccc(Br)cc1[C@H]1CC(=O)N2CN(c3cc(Cl)ccc3OC)CSC2=C1C#N. The number of benzene rings is 2. The van der Waals surface area contributed by atoms with Crippen LogP contribution in [-0.4, -0.2) is 37.6 Å². The van der Waals surface area contributed by atoms with Crippen LogP contribution in [0.3, 0.4) is 0 Å². The smallest absolute Gasteiger partial charge is 0.229 e. The lowest BCUT2D eigenvalue weighted by Crippen LogP contribution is -2.47. The third kappa shape index (κ3) is 4.10. The Morgan fingerprint density at radius 2 is 1.94 bits per heavy atom. The van der Waals surface area contributed by atoms with E-state index in [2.05, 4.69) is 22.0 Å². The molecular formula is C22H19BrClN3O3S. The van der Waals surface area contributed by atoms with Crippen LogP contribution in [0.2, 0.25) is 5.02 Å². The standard InChI is InChI=1S/C22H19BrClN3O3S/c1-29-19-5-3-13(23)7-16(19)15-9-21(28)27-11-26(12-31-22(27)17(15)10-25)18-8-14(24)4-6-20(18)30-2/h3-8,15H,9,11-12H2,1-2H3/t15-/m1/s1. The number of amides is 1. The number of hydrogen-bond acceptors (Lipinski definition) is 6. The zero-order valence-electron chi connectivity index (χ0n) is 16.9. The molecule has 0 aliphatic carbocycles. The Morgan fingerprint density at radius 3 is 2.65 bits per heavy atom. The highest BCUT2D eigenvalue weighted by Gasteiger charge is 2.39. The molecule has 0 bridgehead atoms. The number of methoxy groups -OCH3 is 2. The quantitative estimate of drug-likeness (QED) is 0.542. The Bertz CT molecular complexity index is 1120. The summed E-state index contributed by atoms with van der Waals surface area (Å²) in [5.41, 5.74) is 2.22. The van der Waals surface area contributed by atoms with E-state index >= 15 is 0 Å². The second-order valence-electron chi connectivity index (χ2n) is 7.07. The number of nitriles is 1. The van der Waals surface area contributed by atoms with Gasteiger partial charge in [0.2, 0.25) is 5.91 Å². The molecule has 2 heterocycles. The fourth-order valence-electron chi connectivity index (χ4n) is 3.87. The predicted octanol–water partition coefficient (Wildman–Crippen LogP) is 5.34. The summed E-state index contributed by atoms with van der Waals surface area (Å²) >= 11 is 11.1. The molecule has 1 amide bonds. The summed E-state index contributed by atoms with van der Waals surface area (Å²) in [7, 11) is 3.19. The average Bonchev–Trinajstić information content (AvgIpc) is 2.78. The van der Waals surface area contributed by atoms with Crippen molar-refractivity contribution in [3.63, 3.8) is 0 Å². The number of fused-ring (bicyclic) bond motifs is 1. The molecule has 4 rings (SSSR count). The third-order valence-electron chi connectivity index (χ3n) is 5.34.